The van der Waals surface area contributed by atoms with E-state index in [1.54, 1.807) is 6.92 Å². The van der Waals surface area contributed by atoms with E-state index in [-0.39, 0.29) is 23.1 Å². The molecular formula is C24H31NO3. The number of carbonyl (C=O) groups excluding carboxylic acids is 2. The van der Waals surface area contributed by atoms with Crippen LogP contribution >= 0.6 is 0 Å². The van der Waals surface area contributed by atoms with Gasteiger partial charge < -0.3 is 9.72 Å². The first-order chi connectivity index (χ1) is 13.3. The monoisotopic (exact) mass is 381 g/mol. The van der Waals surface area contributed by atoms with Gasteiger partial charge >= 0.3 is 5.97 Å². The number of H-pyrrole nitrogens is 1. The summed E-state index contributed by atoms with van der Waals surface area (Å²) in [6, 6.07) is 8.62. The van der Waals surface area contributed by atoms with Gasteiger partial charge in [0.2, 0.25) is 0 Å². The zero-order valence-electron chi connectivity index (χ0n) is 17.6. The highest BCUT2D eigenvalue weighted by Gasteiger charge is 2.33. The summed E-state index contributed by atoms with van der Waals surface area (Å²) in [5.41, 5.74) is 5.48. The highest BCUT2D eigenvalue weighted by molar-refractivity contribution is 6.03. The van der Waals surface area contributed by atoms with Gasteiger partial charge in [-0.05, 0) is 47.8 Å². The Morgan fingerprint density at radius 2 is 1.82 bits per heavy atom. The van der Waals surface area contributed by atoms with Crippen LogP contribution in [0.1, 0.15) is 96.6 Å². The van der Waals surface area contributed by atoms with Crippen molar-refractivity contribution in [3.05, 3.63) is 57.9 Å². The summed E-state index contributed by atoms with van der Waals surface area (Å²) in [7, 11) is 0. The van der Waals surface area contributed by atoms with Crippen LogP contribution in [0.4, 0.5) is 0 Å². The normalized spacial score (nSPS) is 16.8. The first-order valence-corrected chi connectivity index (χ1v) is 10.3. The van der Waals surface area contributed by atoms with Crippen LogP contribution < -0.4 is 0 Å². The van der Waals surface area contributed by atoms with Crippen molar-refractivity contribution < 1.29 is 14.3 Å². The van der Waals surface area contributed by atoms with Gasteiger partial charge in [-0.2, -0.15) is 0 Å². The molecule has 0 radical (unpaired) electrons. The molecule has 4 heteroatoms. The maximum absolute atomic E-state index is 13.0. The Morgan fingerprint density at radius 1 is 1.14 bits per heavy atom. The van der Waals surface area contributed by atoms with Crippen LogP contribution in [-0.4, -0.2) is 23.3 Å². The van der Waals surface area contributed by atoms with Crippen molar-refractivity contribution in [1.29, 1.82) is 0 Å². The number of rotatable bonds is 5. The molecule has 4 nitrogen and oxygen atoms in total. The lowest BCUT2D eigenvalue weighted by molar-refractivity contribution is 0.0518. The fraction of sp³-hybridized carbons (Fsp3) is 0.500. The van der Waals surface area contributed by atoms with Crippen LogP contribution in [0.15, 0.2) is 24.3 Å². The number of hydrogen-bond acceptors (Lipinski definition) is 3. The van der Waals surface area contributed by atoms with Crippen LogP contribution in [0, 0.1) is 0 Å². The molecule has 0 aliphatic heterocycles. The predicted octanol–water partition coefficient (Wildman–Crippen LogP) is 5.35. The minimum absolute atomic E-state index is 0.108. The second kappa shape index (κ2) is 7.94. The smallest absolute Gasteiger partial charge is 0.355 e. The number of aromatic amines is 1. The number of ketones is 1. The van der Waals surface area contributed by atoms with Gasteiger partial charge in [-0.3, -0.25) is 4.79 Å². The number of aromatic nitrogens is 1. The molecule has 3 rings (SSSR count). The van der Waals surface area contributed by atoms with E-state index < -0.39 is 0 Å². The molecular weight excluding hydrogens is 350 g/mol. The predicted molar refractivity (Wildman–Crippen MR) is 111 cm³/mol. The summed E-state index contributed by atoms with van der Waals surface area (Å²) in [4.78, 5) is 28.6. The summed E-state index contributed by atoms with van der Waals surface area (Å²) >= 11 is 0. The third-order valence-electron chi connectivity index (χ3n) is 5.57. The Bertz CT molecular complexity index is 868. The second-order valence-electron chi connectivity index (χ2n) is 8.70. The quantitative estimate of drug-likeness (QED) is 0.710. The van der Waals surface area contributed by atoms with Gasteiger partial charge in [-0.1, -0.05) is 58.4 Å². The van der Waals surface area contributed by atoms with Gasteiger partial charge in [-0.25, -0.2) is 4.79 Å². The number of benzene rings is 1. The zero-order chi connectivity index (χ0) is 20.5. The molecule has 28 heavy (non-hydrogen) atoms. The van der Waals surface area contributed by atoms with Gasteiger partial charge in [0.05, 0.1) is 6.61 Å². The van der Waals surface area contributed by atoms with Crippen molar-refractivity contribution in [1.82, 2.24) is 4.98 Å². The maximum atomic E-state index is 13.0. The minimum Gasteiger partial charge on any atom is -0.461 e. The van der Waals surface area contributed by atoms with Crippen LogP contribution in [-0.2, 0) is 23.0 Å². The van der Waals surface area contributed by atoms with E-state index in [4.69, 9.17) is 4.74 Å². The van der Waals surface area contributed by atoms with E-state index in [1.807, 2.05) is 0 Å². The number of esters is 1. The SMILES string of the molecule is CCCc1c(C(=O)OCC)[nH]c2c1C(=O)CC(c1ccc(C(C)(C)C)cc1)C2. The molecule has 1 aliphatic carbocycles. The molecule has 0 amide bonds. The van der Waals surface area contributed by atoms with Crippen LogP contribution in [0.3, 0.4) is 0 Å². The molecule has 1 aromatic heterocycles. The van der Waals surface area contributed by atoms with Gasteiger partial charge in [0, 0.05) is 17.7 Å². The lowest BCUT2D eigenvalue weighted by atomic mass is 9.79. The van der Waals surface area contributed by atoms with Crippen molar-refractivity contribution in [2.24, 2.45) is 0 Å². The Morgan fingerprint density at radius 3 is 2.39 bits per heavy atom. The largest absolute Gasteiger partial charge is 0.461 e. The van der Waals surface area contributed by atoms with Crippen molar-refractivity contribution in [2.45, 2.75) is 71.6 Å². The molecule has 1 atom stereocenters. The van der Waals surface area contributed by atoms with Crippen molar-refractivity contribution in [3.8, 4) is 0 Å². The molecule has 2 aromatic rings. The van der Waals surface area contributed by atoms with Gasteiger partial charge in [0.15, 0.2) is 5.78 Å². The summed E-state index contributed by atoms with van der Waals surface area (Å²) in [6.07, 6.45) is 2.81. The average Bonchev–Trinajstić information content (AvgIpc) is 3.01. The number of Topliss-reactive ketones (excluding diaryl/α,β-unsaturated/α-hetero) is 1. The Kier molecular flexibility index (Phi) is 5.78. The maximum Gasteiger partial charge on any atom is 0.355 e. The van der Waals surface area contributed by atoms with Crippen LogP contribution in [0.5, 0.6) is 0 Å². The fourth-order valence-corrected chi connectivity index (χ4v) is 4.10. The Labute approximate surface area is 167 Å². The number of hydrogen-bond donors (Lipinski definition) is 1. The number of nitrogens with one attached hydrogen (secondary N) is 1. The van der Waals surface area contributed by atoms with E-state index in [9.17, 15) is 9.59 Å². The molecule has 0 saturated carbocycles. The molecule has 0 saturated heterocycles. The summed E-state index contributed by atoms with van der Waals surface area (Å²) < 4.78 is 5.20. The molecule has 1 aromatic carbocycles. The zero-order valence-corrected chi connectivity index (χ0v) is 17.6. The molecule has 0 bridgehead atoms. The van der Waals surface area contributed by atoms with Gasteiger partial charge in [0.25, 0.3) is 0 Å². The lowest BCUT2D eigenvalue weighted by Crippen LogP contribution is -2.19. The third kappa shape index (κ3) is 3.91. The van der Waals surface area contributed by atoms with E-state index in [0.717, 1.165) is 29.7 Å². The Hall–Kier alpha value is -2.36. The standard InChI is InChI=1S/C24H31NO3/c1-6-8-18-21-19(25-22(18)23(27)28-7-2)13-16(14-20(21)26)15-9-11-17(12-10-15)24(3,4)5/h9-12,16,25H,6-8,13-14H2,1-5H3. The van der Waals surface area contributed by atoms with Crippen LogP contribution in [0.2, 0.25) is 0 Å². The first kappa shape index (κ1) is 20.4. The summed E-state index contributed by atoms with van der Waals surface area (Å²) in [5.74, 6) is -0.0992. The summed E-state index contributed by atoms with van der Waals surface area (Å²) in [6.45, 7) is 10.8. The van der Waals surface area contributed by atoms with E-state index >= 15 is 0 Å². The number of carbonyl (C=O) groups is 2. The average molecular weight is 382 g/mol. The highest BCUT2D eigenvalue weighted by Crippen LogP contribution is 2.36. The minimum atomic E-state index is -0.362. The van der Waals surface area contributed by atoms with Crippen LogP contribution in [0.25, 0.3) is 0 Å². The molecule has 0 fully saturated rings. The van der Waals surface area contributed by atoms with Gasteiger partial charge in [0.1, 0.15) is 5.69 Å². The van der Waals surface area contributed by atoms with Gasteiger partial charge in [-0.15, -0.1) is 0 Å². The molecule has 1 heterocycles. The lowest BCUT2D eigenvalue weighted by Gasteiger charge is -2.24. The summed E-state index contributed by atoms with van der Waals surface area (Å²) in [5, 5.41) is 0. The van der Waals surface area contributed by atoms with E-state index in [0.29, 0.717) is 25.1 Å². The van der Waals surface area contributed by atoms with Crippen molar-refractivity contribution >= 4 is 11.8 Å². The molecule has 1 aliphatic rings. The molecule has 150 valence electrons. The highest BCUT2D eigenvalue weighted by atomic mass is 16.5. The number of fused-ring (bicyclic) bond motifs is 1. The van der Waals surface area contributed by atoms with E-state index in [1.165, 1.54) is 11.1 Å². The second-order valence-corrected chi connectivity index (χ2v) is 8.70. The first-order valence-electron chi connectivity index (χ1n) is 10.3. The Balaban J connectivity index is 1.93. The van der Waals surface area contributed by atoms with Crippen molar-refractivity contribution in [2.75, 3.05) is 6.61 Å². The molecule has 0 spiro atoms. The fourth-order valence-electron chi connectivity index (χ4n) is 4.10. The number of ether oxygens (including phenoxy) is 1. The molecule has 1 N–H and O–H groups in total. The molecule has 1 unspecified atom stereocenters. The van der Waals surface area contributed by atoms with Crippen molar-refractivity contribution in [3.63, 3.8) is 0 Å². The third-order valence-corrected chi connectivity index (χ3v) is 5.57. The van der Waals surface area contributed by atoms with E-state index in [2.05, 4.69) is 56.9 Å². The topological polar surface area (TPSA) is 59.2 Å².